The van der Waals surface area contributed by atoms with Crippen LogP contribution in [0.3, 0.4) is 0 Å². The smallest absolute Gasteiger partial charge is 0.323 e. The van der Waals surface area contributed by atoms with Crippen LogP contribution >= 0.6 is 0 Å². The van der Waals surface area contributed by atoms with Crippen LogP contribution in [0, 0.1) is 6.92 Å². The summed E-state index contributed by atoms with van der Waals surface area (Å²) in [4.78, 5) is 38.1. The van der Waals surface area contributed by atoms with Crippen molar-refractivity contribution < 1.29 is 14.7 Å². The van der Waals surface area contributed by atoms with E-state index in [1.54, 1.807) is 6.20 Å². The summed E-state index contributed by atoms with van der Waals surface area (Å²) in [6.07, 6.45) is 3.61. The molecule has 1 aromatic heterocycles. The first-order chi connectivity index (χ1) is 18.9. The van der Waals surface area contributed by atoms with Crippen molar-refractivity contribution in [3.63, 3.8) is 0 Å². The minimum atomic E-state index is -1.07. The highest BCUT2D eigenvalue weighted by atomic mass is 16.4. The Labute approximate surface area is 229 Å². The van der Waals surface area contributed by atoms with Crippen LogP contribution < -0.4 is 4.90 Å². The Kier molecular flexibility index (Phi) is 9.40. The number of aryl methyl sites for hydroxylation is 3. The van der Waals surface area contributed by atoms with Crippen LogP contribution in [0.2, 0.25) is 0 Å². The van der Waals surface area contributed by atoms with Crippen molar-refractivity contribution in [2.24, 2.45) is 0 Å². The van der Waals surface area contributed by atoms with Crippen molar-refractivity contribution in [3.05, 3.63) is 125 Å². The van der Waals surface area contributed by atoms with E-state index in [0.29, 0.717) is 36.6 Å². The van der Waals surface area contributed by atoms with E-state index in [1.807, 2.05) is 91.7 Å². The molecule has 0 bridgehead atoms. The number of rotatable bonds is 12. The van der Waals surface area contributed by atoms with Gasteiger partial charge in [-0.3, -0.25) is 9.59 Å². The summed E-state index contributed by atoms with van der Waals surface area (Å²) in [5, 5.41) is 9.56. The minimum absolute atomic E-state index is 0.183. The van der Waals surface area contributed by atoms with Crippen molar-refractivity contribution in [3.8, 4) is 0 Å². The summed E-state index contributed by atoms with van der Waals surface area (Å²) < 4.78 is 0. The third-order valence-corrected chi connectivity index (χ3v) is 6.61. The number of amides is 1. The van der Waals surface area contributed by atoms with Gasteiger partial charge in [-0.25, -0.2) is 9.97 Å². The number of carboxylic acid groups (broad SMARTS) is 1. The standard InChI is InChI=1S/C32H34N4O3/c1-24-13-15-27(16-14-24)22-36(23-30(37)38)31(39)28-21-33-32(35(2)20-19-26-11-7-4-8-12-26)34-29(28)18-17-25-9-5-3-6-10-25/h3-16,21H,17-20,22-23H2,1-2H3,(H,37,38). The third kappa shape index (κ3) is 7.98. The second kappa shape index (κ2) is 13.3. The zero-order valence-electron chi connectivity index (χ0n) is 22.5. The molecule has 0 radical (unpaired) electrons. The average molecular weight is 523 g/mol. The fraction of sp³-hybridized carbons (Fsp3) is 0.250. The lowest BCUT2D eigenvalue weighted by molar-refractivity contribution is -0.137. The van der Waals surface area contributed by atoms with Gasteiger partial charge in [0.05, 0.1) is 11.3 Å². The summed E-state index contributed by atoms with van der Waals surface area (Å²) in [5.74, 6) is -0.923. The first kappa shape index (κ1) is 27.5. The van der Waals surface area contributed by atoms with E-state index in [9.17, 15) is 14.7 Å². The largest absolute Gasteiger partial charge is 0.480 e. The topological polar surface area (TPSA) is 86.6 Å². The van der Waals surface area contributed by atoms with Gasteiger partial charge in [0.1, 0.15) is 6.54 Å². The van der Waals surface area contributed by atoms with Crippen molar-refractivity contribution in [1.29, 1.82) is 0 Å². The van der Waals surface area contributed by atoms with Crippen LogP contribution in [0.25, 0.3) is 0 Å². The lowest BCUT2D eigenvalue weighted by Gasteiger charge is -2.23. The highest BCUT2D eigenvalue weighted by molar-refractivity contribution is 5.96. The van der Waals surface area contributed by atoms with E-state index < -0.39 is 12.5 Å². The van der Waals surface area contributed by atoms with E-state index in [2.05, 4.69) is 17.1 Å². The molecule has 1 amide bonds. The van der Waals surface area contributed by atoms with Gasteiger partial charge in [-0.2, -0.15) is 0 Å². The SMILES string of the molecule is Cc1ccc(CN(CC(=O)O)C(=O)c2cnc(N(C)CCc3ccccc3)nc2CCc2ccccc2)cc1. The van der Waals surface area contributed by atoms with E-state index in [4.69, 9.17) is 4.98 Å². The Bertz CT molecular complexity index is 1380. The molecule has 200 valence electrons. The highest BCUT2D eigenvalue weighted by Crippen LogP contribution is 2.18. The van der Waals surface area contributed by atoms with Crippen molar-refractivity contribution in [2.45, 2.75) is 32.7 Å². The number of hydrogen-bond donors (Lipinski definition) is 1. The van der Waals surface area contributed by atoms with Crippen LogP contribution in [-0.2, 0) is 30.6 Å². The molecule has 0 unspecified atom stereocenters. The molecule has 0 aliphatic carbocycles. The molecule has 39 heavy (non-hydrogen) atoms. The average Bonchev–Trinajstić information content (AvgIpc) is 2.96. The molecule has 0 saturated heterocycles. The van der Waals surface area contributed by atoms with Gasteiger partial charge >= 0.3 is 5.97 Å². The highest BCUT2D eigenvalue weighted by Gasteiger charge is 2.24. The van der Waals surface area contributed by atoms with Gasteiger partial charge in [0.2, 0.25) is 5.95 Å². The number of anilines is 1. The monoisotopic (exact) mass is 522 g/mol. The molecule has 3 aromatic carbocycles. The summed E-state index contributed by atoms with van der Waals surface area (Å²) >= 11 is 0. The van der Waals surface area contributed by atoms with Gasteiger partial charge in [-0.15, -0.1) is 0 Å². The summed E-state index contributed by atoms with van der Waals surface area (Å²) in [5.41, 5.74) is 5.26. The number of nitrogens with zero attached hydrogens (tertiary/aromatic N) is 4. The quantitative estimate of drug-likeness (QED) is 0.283. The lowest BCUT2D eigenvalue weighted by Crippen LogP contribution is -2.36. The number of carbonyl (C=O) groups is 2. The summed E-state index contributed by atoms with van der Waals surface area (Å²) in [7, 11) is 1.94. The van der Waals surface area contributed by atoms with Crippen LogP contribution in [0.5, 0.6) is 0 Å². The molecule has 0 aliphatic heterocycles. The van der Waals surface area contributed by atoms with Gasteiger partial charge in [-0.05, 0) is 42.9 Å². The Morgan fingerprint density at radius 3 is 2.03 bits per heavy atom. The van der Waals surface area contributed by atoms with Gasteiger partial charge in [0, 0.05) is 26.3 Å². The second-order valence-corrected chi connectivity index (χ2v) is 9.71. The predicted octanol–water partition coefficient (Wildman–Crippen LogP) is 4.98. The molecule has 1 N–H and O–H groups in total. The van der Waals surface area contributed by atoms with Gasteiger partial charge < -0.3 is 14.9 Å². The van der Waals surface area contributed by atoms with Crippen LogP contribution in [0.1, 0.15) is 38.3 Å². The summed E-state index contributed by atoms with van der Waals surface area (Å²) in [6, 6.07) is 28.0. The van der Waals surface area contributed by atoms with E-state index >= 15 is 0 Å². The first-order valence-electron chi connectivity index (χ1n) is 13.1. The Hall–Kier alpha value is -4.52. The number of hydrogen-bond acceptors (Lipinski definition) is 5. The molecule has 7 nitrogen and oxygen atoms in total. The maximum Gasteiger partial charge on any atom is 0.323 e. The fourth-order valence-corrected chi connectivity index (χ4v) is 4.36. The van der Waals surface area contributed by atoms with Crippen molar-refractivity contribution in [1.82, 2.24) is 14.9 Å². The van der Waals surface area contributed by atoms with Gasteiger partial charge in [0.25, 0.3) is 5.91 Å². The predicted molar refractivity (Wildman–Crippen MR) is 153 cm³/mol. The Balaban J connectivity index is 1.60. The van der Waals surface area contributed by atoms with Crippen LogP contribution in [-0.4, -0.2) is 52.0 Å². The number of carbonyl (C=O) groups excluding carboxylic acids is 1. The molecule has 4 rings (SSSR count). The zero-order chi connectivity index (χ0) is 27.6. The van der Waals surface area contributed by atoms with Crippen molar-refractivity contribution in [2.75, 3.05) is 25.0 Å². The second-order valence-electron chi connectivity index (χ2n) is 9.71. The molecule has 0 saturated carbocycles. The molecule has 7 heteroatoms. The van der Waals surface area contributed by atoms with Gasteiger partial charge in [0.15, 0.2) is 0 Å². The number of aliphatic carboxylic acids is 1. The number of aromatic nitrogens is 2. The molecule has 0 aliphatic rings. The normalized spacial score (nSPS) is 10.7. The lowest BCUT2D eigenvalue weighted by atomic mass is 10.0. The summed E-state index contributed by atoms with van der Waals surface area (Å²) in [6.45, 7) is 2.47. The Morgan fingerprint density at radius 2 is 1.41 bits per heavy atom. The maximum atomic E-state index is 13.7. The van der Waals surface area contributed by atoms with Gasteiger partial charge in [-0.1, -0.05) is 90.5 Å². The molecule has 0 spiro atoms. The molecule has 1 heterocycles. The first-order valence-corrected chi connectivity index (χ1v) is 13.1. The minimum Gasteiger partial charge on any atom is -0.480 e. The molecular formula is C32H34N4O3. The number of likely N-dealkylation sites (N-methyl/N-ethyl adjacent to an activating group) is 1. The molecule has 4 aromatic rings. The third-order valence-electron chi connectivity index (χ3n) is 6.61. The van der Waals surface area contributed by atoms with Crippen molar-refractivity contribution >= 4 is 17.8 Å². The Morgan fingerprint density at radius 1 is 0.795 bits per heavy atom. The zero-order valence-corrected chi connectivity index (χ0v) is 22.5. The van der Waals surface area contributed by atoms with Crippen LogP contribution in [0.15, 0.2) is 91.1 Å². The maximum absolute atomic E-state index is 13.7. The fourth-order valence-electron chi connectivity index (χ4n) is 4.36. The van der Waals surface area contributed by atoms with E-state index in [1.165, 1.54) is 10.5 Å². The number of benzene rings is 3. The molecular weight excluding hydrogens is 488 g/mol. The van der Waals surface area contributed by atoms with Crippen LogP contribution in [0.4, 0.5) is 5.95 Å². The molecule has 0 atom stereocenters. The van der Waals surface area contributed by atoms with E-state index in [0.717, 1.165) is 23.1 Å². The van der Waals surface area contributed by atoms with E-state index in [-0.39, 0.29) is 12.5 Å². The number of carboxylic acids is 1. The molecule has 0 fully saturated rings.